The summed E-state index contributed by atoms with van der Waals surface area (Å²) in [6.45, 7) is 13.4. The number of aryl methyl sites for hydroxylation is 2. The first kappa shape index (κ1) is 51.4. The monoisotopic (exact) mass is 858 g/mol. The number of hydrogen-bond acceptors (Lipinski definition) is 10. The number of carboxylic acids is 1. The van der Waals surface area contributed by atoms with Crippen LogP contribution in [-0.2, 0) is 48.0 Å². The number of rotatable bonds is 13. The largest absolute Gasteiger partial charge is 0.778 e. The van der Waals surface area contributed by atoms with Gasteiger partial charge in [0.25, 0.3) is 0 Å². The maximum Gasteiger partial charge on any atom is 0.442 e. The Morgan fingerprint density at radius 3 is 2.04 bits per heavy atom. The fourth-order valence-electron chi connectivity index (χ4n) is 4.09. The average molecular weight is 860 g/mol. The molecular formula is C35H54Cl3N4O10PS. The molecule has 1 amide bonds. The van der Waals surface area contributed by atoms with Crippen LogP contribution in [-0.4, -0.2) is 89.1 Å². The number of para-hydroxylation sites is 1. The SMILES string of the molecule is CC(C)Oc1cc(-n2nc(C(C)(C)C)oc2=O)c(Cl)cc1Cl.CCc1cccc(CC)c1N(COC)C(=O)CCl.C[S+](C)C.O=C(O)CNCP(=O)([O-])O. The van der Waals surface area contributed by atoms with E-state index in [4.69, 9.17) is 58.7 Å². The molecule has 1 unspecified atom stereocenters. The Bertz CT molecular complexity index is 1700. The molecule has 3 rings (SSSR count). The number of anilines is 1. The molecule has 3 aromatic rings. The van der Waals surface area contributed by atoms with Crippen molar-refractivity contribution in [3.8, 4) is 11.4 Å². The number of benzene rings is 2. The first-order chi connectivity index (χ1) is 24.9. The molecule has 1 heterocycles. The van der Waals surface area contributed by atoms with Crippen molar-refractivity contribution in [3.05, 3.63) is 67.9 Å². The van der Waals surface area contributed by atoms with Gasteiger partial charge in [0.15, 0.2) is 0 Å². The number of nitrogens with one attached hydrogen (secondary N) is 1. The van der Waals surface area contributed by atoms with Crippen LogP contribution in [0.3, 0.4) is 0 Å². The molecule has 19 heteroatoms. The first-order valence-corrected chi connectivity index (χ1v) is 22.1. The summed E-state index contributed by atoms with van der Waals surface area (Å²) in [6.07, 6.45) is 7.56. The van der Waals surface area contributed by atoms with Gasteiger partial charge < -0.3 is 33.3 Å². The van der Waals surface area contributed by atoms with Crippen LogP contribution in [0.25, 0.3) is 5.69 Å². The third-order valence-electron chi connectivity index (χ3n) is 6.28. The minimum absolute atomic E-state index is 0.0371. The van der Waals surface area contributed by atoms with Crippen molar-refractivity contribution in [1.82, 2.24) is 15.1 Å². The molecule has 0 bridgehead atoms. The van der Waals surface area contributed by atoms with Crippen molar-refractivity contribution < 1.29 is 42.9 Å². The molecule has 0 aliphatic heterocycles. The van der Waals surface area contributed by atoms with Gasteiger partial charge in [-0.25, -0.2) is 4.79 Å². The number of methoxy groups -OCH3 is 1. The van der Waals surface area contributed by atoms with E-state index >= 15 is 0 Å². The molecule has 1 atom stereocenters. The van der Waals surface area contributed by atoms with E-state index in [1.165, 1.54) is 6.07 Å². The second-order valence-corrected chi connectivity index (χ2v) is 18.2. The van der Waals surface area contributed by atoms with Crippen molar-refractivity contribution in [2.24, 2.45) is 0 Å². The van der Waals surface area contributed by atoms with Gasteiger partial charge in [-0.15, -0.1) is 16.7 Å². The topological polar surface area (TPSA) is 196 Å². The fourth-order valence-corrected chi connectivity index (χ4v) is 5.13. The maximum absolute atomic E-state index is 12.1. The van der Waals surface area contributed by atoms with Crippen molar-refractivity contribution in [2.45, 2.75) is 72.8 Å². The van der Waals surface area contributed by atoms with Gasteiger partial charge in [0.05, 0.1) is 59.1 Å². The second kappa shape index (κ2) is 24.8. The number of aliphatic carboxylic acids is 1. The van der Waals surface area contributed by atoms with Crippen LogP contribution >= 0.6 is 42.4 Å². The van der Waals surface area contributed by atoms with E-state index in [9.17, 15) is 23.8 Å². The third kappa shape index (κ3) is 19.3. The number of carbonyl (C=O) groups excluding carboxylic acids is 1. The number of halogens is 3. The molecule has 0 spiro atoms. The highest BCUT2D eigenvalue weighted by Crippen LogP contribution is 2.34. The zero-order chi connectivity index (χ0) is 42.0. The minimum atomic E-state index is -4.35. The van der Waals surface area contributed by atoms with E-state index in [0.717, 1.165) is 34.3 Å². The number of carboxylic acid groups (broad SMARTS) is 1. The highest BCUT2D eigenvalue weighted by Gasteiger charge is 2.24. The van der Waals surface area contributed by atoms with Gasteiger partial charge in [-0.3, -0.25) is 19.8 Å². The lowest BCUT2D eigenvalue weighted by Crippen LogP contribution is -2.35. The fraction of sp³-hybridized carbons (Fsp3) is 0.543. The van der Waals surface area contributed by atoms with E-state index in [-0.39, 0.29) is 35.1 Å². The summed E-state index contributed by atoms with van der Waals surface area (Å²) in [4.78, 5) is 53.4. The normalized spacial score (nSPS) is 12.0. The van der Waals surface area contributed by atoms with E-state index in [2.05, 4.69) is 37.7 Å². The number of hydrogen-bond donors (Lipinski definition) is 3. The van der Waals surface area contributed by atoms with Crippen LogP contribution in [0.1, 0.15) is 65.5 Å². The lowest BCUT2D eigenvalue weighted by Gasteiger charge is -2.26. The quantitative estimate of drug-likeness (QED) is 0.0803. The third-order valence-corrected chi connectivity index (χ3v) is 7.73. The van der Waals surface area contributed by atoms with E-state index in [1.54, 1.807) is 18.1 Å². The van der Waals surface area contributed by atoms with Crippen LogP contribution in [0.2, 0.25) is 10.0 Å². The average Bonchev–Trinajstić information content (AvgIpc) is 3.45. The van der Waals surface area contributed by atoms with Gasteiger partial charge in [0, 0.05) is 18.6 Å². The zero-order valence-electron chi connectivity index (χ0n) is 32.7. The Hall–Kier alpha value is -2.59. The Kier molecular flexibility index (Phi) is 23.6. The Balaban J connectivity index is 0.000000786. The molecule has 0 saturated carbocycles. The molecular weight excluding hydrogens is 806 g/mol. The van der Waals surface area contributed by atoms with Crippen LogP contribution in [0.4, 0.5) is 5.69 Å². The maximum atomic E-state index is 12.1. The molecule has 0 aliphatic rings. The zero-order valence-corrected chi connectivity index (χ0v) is 36.7. The summed E-state index contributed by atoms with van der Waals surface area (Å²) in [5, 5.41) is 14.8. The van der Waals surface area contributed by atoms with Gasteiger partial charge in [-0.05, 0) is 54.8 Å². The first-order valence-electron chi connectivity index (χ1n) is 16.6. The number of aromatic nitrogens is 2. The number of nitrogens with zero attached hydrogens (tertiary/aromatic N) is 3. The van der Waals surface area contributed by atoms with E-state index in [0.29, 0.717) is 33.2 Å². The minimum Gasteiger partial charge on any atom is -0.778 e. The molecule has 14 nitrogen and oxygen atoms in total. The molecule has 1 aromatic heterocycles. The van der Waals surface area contributed by atoms with E-state index in [1.807, 2.05) is 58.1 Å². The van der Waals surface area contributed by atoms with Crippen molar-refractivity contribution in [1.29, 1.82) is 0 Å². The highest BCUT2D eigenvalue weighted by atomic mass is 35.5. The van der Waals surface area contributed by atoms with Crippen molar-refractivity contribution in [2.75, 3.05) is 56.2 Å². The number of amides is 1. The van der Waals surface area contributed by atoms with Crippen LogP contribution in [0.5, 0.6) is 5.75 Å². The number of alkyl halides is 1. The summed E-state index contributed by atoms with van der Waals surface area (Å²) < 4.78 is 27.0. The molecule has 0 aliphatic carbocycles. The standard InChI is InChI=1S/C15H18Cl2N2O3.C14H20ClNO2.C3H8NO5P.C3H9S/c1-8(2)21-12-7-11(9(16)6-10(12)17)19-14(20)22-13(18-19)15(3,4)5;1-4-11-7-6-8-12(5-2)14(11)16(10-18-3)13(17)9-15;5-3(6)1-4-2-10(7,8)9;1-4(2)3/h6-8H,1-5H3;6-8H,4-5,9-10H2,1-3H3;4H,1-2H2,(H,5,6)(H2,7,8,9);1-3H3/q;;;+1/p-1. The molecule has 0 saturated heterocycles. The molecule has 54 heavy (non-hydrogen) atoms. The van der Waals surface area contributed by atoms with Crippen molar-refractivity contribution >= 4 is 70.9 Å². The molecule has 2 aromatic carbocycles. The van der Waals surface area contributed by atoms with Crippen LogP contribution in [0, 0.1) is 0 Å². The lowest BCUT2D eigenvalue weighted by atomic mass is 9.97. The number of carbonyl (C=O) groups is 2. The van der Waals surface area contributed by atoms with Crippen LogP contribution in [0.15, 0.2) is 39.5 Å². The molecule has 0 fully saturated rings. The van der Waals surface area contributed by atoms with Crippen molar-refractivity contribution in [3.63, 3.8) is 0 Å². The Morgan fingerprint density at radius 2 is 1.65 bits per heavy atom. The second-order valence-electron chi connectivity index (χ2n) is 13.1. The predicted molar refractivity (Wildman–Crippen MR) is 217 cm³/mol. The Labute approximate surface area is 336 Å². The summed E-state index contributed by atoms with van der Waals surface area (Å²) in [7, 11) is -2.13. The summed E-state index contributed by atoms with van der Waals surface area (Å²) >= 11 is 18.0. The highest BCUT2D eigenvalue weighted by molar-refractivity contribution is 7.94. The van der Waals surface area contributed by atoms with Gasteiger partial charge >= 0.3 is 11.7 Å². The predicted octanol–water partition coefficient (Wildman–Crippen LogP) is 5.86. The summed E-state index contributed by atoms with van der Waals surface area (Å²) in [5.74, 6) is -1.18. The van der Waals surface area contributed by atoms with E-state index < -0.39 is 32.2 Å². The number of ether oxygens (including phenoxy) is 2. The smallest absolute Gasteiger partial charge is 0.442 e. The molecule has 3 N–H and O–H groups in total. The molecule has 0 radical (unpaired) electrons. The summed E-state index contributed by atoms with van der Waals surface area (Å²) in [6, 6.07) is 9.21. The van der Waals surface area contributed by atoms with Gasteiger partial charge in [0.1, 0.15) is 26.0 Å². The van der Waals surface area contributed by atoms with Crippen LogP contribution < -0.4 is 25.6 Å². The molecule has 306 valence electrons. The lowest BCUT2D eigenvalue weighted by molar-refractivity contribution is -0.193. The summed E-state index contributed by atoms with van der Waals surface area (Å²) in [5.41, 5.74) is 3.22. The van der Waals surface area contributed by atoms with Gasteiger partial charge in [-0.2, -0.15) is 4.68 Å². The Morgan fingerprint density at radius 1 is 1.11 bits per heavy atom. The van der Waals surface area contributed by atoms with Gasteiger partial charge in [0.2, 0.25) is 11.8 Å². The van der Waals surface area contributed by atoms with Gasteiger partial charge in [-0.1, -0.05) is 76.0 Å².